The number of nitrogens with one attached hydrogen (secondary N) is 2. The number of rotatable bonds is 5. The van der Waals surface area contributed by atoms with Crippen molar-refractivity contribution in [2.24, 2.45) is 0 Å². The quantitative estimate of drug-likeness (QED) is 0.679. The Bertz CT molecular complexity index is 852. The van der Waals surface area contributed by atoms with Gasteiger partial charge in [-0.1, -0.05) is 39.0 Å². The van der Waals surface area contributed by atoms with Gasteiger partial charge in [-0.3, -0.25) is 4.98 Å². The highest BCUT2D eigenvalue weighted by Crippen LogP contribution is 2.26. The molecule has 2 heterocycles. The van der Waals surface area contributed by atoms with Gasteiger partial charge in [-0.2, -0.15) is 4.98 Å². The molecule has 1 aromatic carbocycles. The monoisotopic (exact) mass is 347 g/mol. The van der Waals surface area contributed by atoms with E-state index in [1.807, 2.05) is 31.2 Å². The Morgan fingerprint density at radius 3 is 2.31 bits per heavy atom. The number of aromatic nitrogens is 3. The van der Waals surface area contributed by atoms with Crippen LogP contribution in [-0.2, 0) is 5.41 Å². The van der Waals surface area contributed by atoms with Gasteiger partial charge in [-0.05, 0) is 42.2 Å². The highest BCUT2D eigenvalue weighted by atomic mass is 15.1. The Kier molecular flexibility index (Phi) is 5.16. The predicted molar refractivity (Wildman–Crippen MR) is 108 cm³/mol. The van der Waals surface area contributed by atoms with Crippen LogP contribution in [0.3, 0.4) is 0 Å². The molecule has 0 aliphatic carbocycles. The largest absolute Gasteiger partial charge is 0.354 e. The summed E-state index contributed by atoms with van der Waals surface area (Å²) in [5.41, 5.74) is 4.03. The van der Waals surface area contributed by atoms with Crippen molar-refractivity contribution in [2.45, 2.75) is 33.1 Å². The molecule has 0 bridgehead atoms. The molecule has 0 unspecified atom stereocenters. The second-order valence-electron chi connectivity index (χ2n) is 7.16. The second-order valence-corrected chi connectivity index (χ2v) is 7.16. The van der Waals surface area contributed by atoms with E-state index in [2.05, 4.69) is 70.6 Å². The molecule has 2 aromatic heterocycles. The molecular weight excluding hydrogens is 322 g/mol. The molecule has 0 aliphatic heterocycles. The number of hydrogen-bond donors (Lipinski definition) is 2. The topological polar surface area (TPSA) is 62.7 Å². The minimum absolute atomic E-state index is 0.137. The normalized spacial score (nSPS) is 11.2. The fourth-order valence-corrected chi connectivity index (χ4v) is 2.60. The Hall–Kier alpha value is -2.95. The van der Waals surface area contributed by atoms with Gasteiger partial charge in [0.05, 0.1) is 11.4 Å². The van der Waals surface area contributed by atoms with E-state index in [-0.39, 0.29) is 5.41 Å². The van der Waals surface area contributed by atoms with Crippen LogP contribution in [-0.4, -0.2) is 21.5 Å². The van der Waals surface area contributed by atoms with Gasteiger partial charge in [-0.15, -0.1) is 0 Å². The van der Waals surface area contributed by atoms with Crippen molar-refractivity contribution in [1.29, 1.82) is 0 Å². The molecule has 5 nitrogen and oxygen atoms in total. The molecule has 5 heteroatoms. The Morgan fingerprint density at radius 2 is 1.69 bits per heavy atom. The van der Waals surface area contributed by atoms with Crippen molar-refractivity contribution in [3.8, 4) is 11.4 Å². The third-order valence-corrected chi connectivity index (χ3v) is 4.01. The third-order valence-electron chi connectivity index (χ3n) is 4.01. The Morgan fingerprint density at radius 1 is 0.923 bits per heavy atom. The molecule has 0 spiro atoms. The lowest BCUT2D eigenvalue weighted by molar-refractivity contribution is 0.590. The molecule has 0 atom stereocenters. The van der Waals surface area contributed by atoms with Gasteiger partial charge in [0.25, 0.3) is 0 Å². The lowest BCUT2D eigenvalue weighted by Crippen LogP contribution is -2.10. The van der Waals surface area contributed by atoms with Gasteiger partial charge in [-0.25, -0.2) is 4.98 Å². The average molecular weight is 347 g/mol. The number of pyridine rings is 1. The molecule has 0 saturated carbocycles. The van der Waals surface area contributed by atoms with Gasteiger partial charge in [0, 0.05) is 24.5 Å². The maximum atomic E-state index is 4.56. The summed E-state index contributed by atoms with van der Waals surface area (Å²) in [5, 5.41) is 6.56. The van der Waals surface area contributed by atoms with E-state index >= 15 is 0 Å². The molecule has 134 valence electrons. The van der Waals surface area contributed by atoms with Crippen molar-refractivity contribution in [2.75, 3.05) is 17.2 Å². The van der Waals surface area contributed by atoms with Gasteiger partial charge >= 0.3 is 0 Å². The van der Waals surface area contributed by atoms with Crippen LogP contribution in [0.25, 0.3) is 11.4 Å². The molecular formula is C21H25N5. The van der Waals surface area contributed by atoms with Crippen molar-refractivity contribution in [3.63, 3.8) is 0 Å². The number of nitrogens with zero attached hydrogens (tertiary/aromatic N) is 3. The van der Waals surface area contributed by atoms with E-state index in [9.17, 15) is 0 Å². The van der Waals surface area contributed by atoms with Crippen molar-refractivity contribution >= 4 is 17.5 Å². The average Bonchev–Trinajstić information content (AvgIpc) is 2.62. The van der Waals surface area contributed by atoms with Crippen LogP contribution in [0, 0.1) is 0 Å². The third kappa shape index (κ3) is 4.36. The van der Waals surface area contributed by atoms with Crippen LogP contribution in [0.4, 0.5) is 17.5 Å². The molecule has 0 saturated heterocycles. The molecule has 26 heavy (non-hydrogen) atoms. The first kappa shape index (κ1) is 17.9. The van der Waals surface area contributed by atoms with Crippen molar-refractivity contribution in [3.05, 3.63) is 60.3 Å². The standard InChI is InChI=1S/C21H25N5/c1-5-22-20-25-18(17-8-6-7-13-23-17)14-19(26-20)24-16-11-9-15(10-12-16)21(2,3)4/h6-14H,5H2,1-4H3,(H2,22,24,25,26). The van der Waals surface area contributed by atoms with Crippen LogP contribution in [0.15, 0.2) is 54.7 Å². The Balaban J connectivity index is 1.90. The predicted octanol–water partition coefficient (Wildman–Crippen LogP) is 5.01. The van der Waals surface area contributed by atoms with Crippen LogP contribution < -0.4 is 10.6 Å². The molecule has 2 N–H and O–H groups in total. The van der Waals surface area contributed by atoms with E-state index in [4.69, 9.17) is 0 Å². The highest BCUT2D eigenvalue weighted by Gasteiger charge is 2.13. The van der Waals surface area contributed by atoms with E-state index < -0.39 is 0 Å². The van der Waals surface area contributed by atoms with Crippen LogP contribution in [0.1, 0.15) is 33.3 Å². The second kappa shape index (κ2) is 7.52. The van der Waals surface area contributed by atoms with E-state index in [0.717, 1.165) is 29.4 Å². The summed E-state index contributed by atoms with van der Waals surface area (Å²) >= 11 is 0. The zero-order valence-electron chi connectivity index (χ0n) is 15.7. The summed E-state index contributed by atoms with van der Waals surface area (Å²) in [6, 6.07) is 16.2. The molecule has 3 rings (SSSR count). The lowest BCUT2D eigenvalue weighted by Gasteiger charge is -2.19. The van der Waals surface area contributed by atoms with Gasteiger partial charge in [0.1, 0.15) is 5.82 Å². The summed E-state index contributed by atoms with van der Waals surface area (Å²) in [4.78, 5) is 13.5. The fraction of sp³-hybridized carbons (Fsp3) is 0.286. The number of hydrogen-bond acceptors (Lipinski definition) is 5. The van der Waals surface area contributed by atoms with Gasteiger partial charge < -0.3 is 10.6 Å². The Labute approximate surface area is 154 Å². The summed E-state index contributed by atoms with van der Waals surface area (Å²) in [6.45, 7) is 9.41. The van der Waals surface area contributed by atoms with Crippen molar-refractivity contribution < 1.29 is 0 Å². The first-order valence-electron chi connectivity index (χ1n) is 8.87. The maximum absolute atomic E-state index is 4.56. The number of anilines is 3. The van der Waals surface area contributed by atoms with Crippen LogP contribution in [0.5, 0.6) is 0 Å². The molecule has 0 radical (unpaired) electrons. The SMILES string of the molecule is CCNc1nc(Nc2ccc(C(C)(C)C)cc2)cc(-c2ccccn2)n1. The molecule has 3 aromatic rings. The minimum Gasteiger partial charge on any atom is -0.354 e. The summed E-state index contributed by atoms with van der Waals surface area (Å²) < 4.78 is 0. The fourth-order valence-electron chi connectivity index (χ4n) is 2.60. The van der Waals surface area contributed by atoms with Crippen LogP contribution >= 0.6 is 0 Å². The van der Waals surface area contributed by atoms with E-state index in [0.29, 0.717) is 5.95 Å². The number of benzene rings is 1. The summed E-state index contributed by atoms with van der Waals surface area (Å²) in [5.74, 6) is 1.32. The van der Waals surface area contributed by atoms with Gasteiger partial charge in [0.2, 0.25) is 5.95 Å². The zero-order chi connectivity index (χ0) is 18.6. The molecule has 0 aliphatic rings. The van der Waals surface area contributed by atoms with Crippen molar-refractivity contribution in [1.82, 2.24) is 15.0 Å². The zero-order valence-corrected chi connectivity index (χ0v) is 15.7. The maximum Gasteiger partial charge on any atom is 0.225 e. The first-order chi connectivity index (χ1) is 12.5. The van der Waals surface area contributed by atoms with Gasteiger partial charge in [0.15, 0.2) is 0 Å². The first-order valence-corrected chi connectivity index (χ1v) is 8.87. The minimum atomic E-state index is 0.137. The van der Waals surface area contributed by atoms with E-state index in [1.54, 1.807) is 6.20 Å². The van der Waals surface area contributed by atoms with E-state index in [1.165, 1.54) is 5.56 Å². The van der Waals surface area contributed by atoms with Crippen LogP contribution in [0.2, 0.25) is 0 Å². The smallest absolute Gasteiger partial charge is 0.225 e. The molecule has 0 amide bonds. The lowest BCUT2D eigenvalue weighted by atomic mass is 9.87. The summed E-state index contributed by atoms with van der Waals surface area (Å²) in [6.07, 6.45) is 1.77. The summed E-state index contributed by atoms with van der Waals surface area (Å²) in [7, 11) is 0. The highest BCUT2D eigenvalue weighted by molar-refractivity contribution is 5.65. The molecule has 0 fully saturated rings.